The van der Waals surface area contributed by atoms with E-state index in [-0.39, 0.29) is 11.8 Å². The summed E-state index contributed by atoms with van der Waals surface area (Å²) < 4.78 is 0. The van der Waals surface area contributed by atoms with E-state index in [0.717, 1.165) is 37.8 Å². The summed E-state index contributed by atoms with van der Waals surface area (Å²) in [7, 11) is 0. The second kappa shape index (κ2) is 7.65. The van der Waals surface area contributed by atoms with Crippen molar-refractivity contribution in [2.24, 2.45) is 0 Å². The molecule has 0 aromatic heterocycles. The van der Waals surface area contributed by atoms with Crippen LogP contribution in [-0.2, 0) is 4.79 Å². The topological polar surface area (TPSA) is 49.4 Å². The minimum atomic E-state index is -0.0116. The summed E-state index contributed by atoms with van der Waals surface area (Å²) in [6.07, 6.45) is 10.4. The summed E-state index contributed by atoms with van der Waals surface area (Å²) in [6, 6.07) is 8.17. The minimum Gasteiger partial charge on any atom is -0.349 e. The van der Waals surface area contributed by atoms with Gasteiger partial charge in [-0.3, -0.25) is 9.59 Å². The van der Waals surface area contributed by atoms with E-state index < -0.39 is 0 Å². The molecule has 2 aliphatic carbocycles. The lowest BCUT2D eigenvalue weighted by molar-refractivity contribution is -0.127. The molecular formula is C20H26N2O2. The van der Waals surface area contributed by atoms with Gasteiger partial charge in [-0.2, -0.15) is 0 Å². The molecule has 0 bridgehead atoms. The van der Waals surface area contributed by atoms with Gasteiger partial charge in [0.2, 0.25) is 5.91 Å². The Morgan fingerprint density at radius 1 is 1.12 bits per heavy atom. The Bertz CT molecular complexity index is 611. The van der Waals surface area contributed by atoms with Gasteiger partial charge in [-0.05, 0) is 56.4 Å². The number of likely N-dealkylation sites (N-methyl/N-ethyl adjacent to an activating group) is 1. The van der Waals surface area contributed by atoms with Crippen molar-refractivity contribution < 1.29 is 9.59 Å². The summed E-state index contributed by atoms with van der Waals surface area (Å²) in [5.74, 6) is 0.0717. The Hall–Kier alpha value is -2.10. The first-order valence-corrected chi connectivity index (χ1v) is 9.07. The first kappa shape index (κ1) is 16.7. The molecule has 0 radical (unpaired) electrons. The zero-order chi connectivity index (χ0) is 16.9. The molecule has 1 aromatic carbocycles. The maximum Gasteiger partial charge on any atom is 0.251 e. The van der Waals surface area contributed by atoms with Gasteiger partial charge in [-0.1, -0.05) is 25.0 Å². The summed E-state index contributed by atoms with van der Waals surface area (Å²) in [5.41, 5.74) is 1.61. The predicted octanol–water partition coefficient (Wildman–Crippen LogP) is 3.38. The molecular weight excluding hydrogens is 300 g/mol. The number of hydrogen-bond donors (Lipinski definition) is 1. The lowest BCUT2D eigenvalue weighted by Gasteiger charge is -2.26. The third-order valence-electron chi connectivity index (χ3n) is 4.89. The molecule has 4 heteroatoms. The highest BCUT2D eigenvalue weighted by molar-refractivity contribution is 5.95. The fraction of sp³-hybridized carbons (Fsp3) is 0.500. The van der Waals surface area contributed by atoms with Gasteiger partial charge in [-0.25, -0.2) is 0 Å². The number of rotatable bonds is 6. The van der Waals surface area contributed by atoms with Crippen molar-refractivity contribution in [3.63, 3.8) is 0 Å². The lowest BCUT2D eigenvalue weighted by Crippen LogP contribution is -2.37. The molecule has 2 aliphatic rings. The molecule has 4 nitrogen and oxygen atoms in total. The van der Waals surface area contributed by atoms with E-state index in [0.29, 0.717) is 17.6 Å². The first-order chi connectivity index (χ1) is 11.7. The van der Waals surface area contributed by atoms with Gasteiger partial charge in [0, 0.05) is 30.3 Å². The Kier molecular flexibility index (Phi) is 5.34. The van der Waals surface area contributed by atoms with Crippen LogP contribution in [0.4, 0.5) is 0 Å². The van der Waals surface area contributed by atoms with E-state index in [1.807, 2.05) is 42.2 Å². The predicted molar refractivity (Wildman–Crippen MR) is 95.6 cm³/mol. The number of carbonyl (C=O) groups excluding carboxylic acids is 2. The molecule has 3 rings (SSSR count). The van der Waals surface area contributed by atoms with Crippen molar-refractivity contribution in [2.45, 2.75) is 57.5 Å². The monoisotopic (exact) mass is 326 g/mol. The molecule has 1 aromatic rings. The fourth-order valence-corrected chi connectivity index (χ4v) is 3.32. The summed E-state index contributed by atoms with van der Waals surface area (Å²) >= 11 is 0. The number of hydrogen-bond acceptors (Lipinski definition) is 2. The number of carbonyl (C=O) groups is 2. The maximum absolute atomic E-state index is 12.4. The molecule has 0 unspecified atom stereocenters. The Balaban J connectivity index is 1.58. The van der Waals surface area contributed by atoms with Crippen molar-refractivity contribution in [1.29, 1.82) is 0 Å². The fourth-order valence-electron chi connectivity index (χ4n) is 3.32. The Labute approximate surface area is 143 Å². The number of benzene rings is 1. The van der Waals surface area contributed by atoms with Crippen molar-refractivity contribution in [2.75, 3.05) is 6.54 Å². The van der Waals surface area contributed by atoms with Gasteiger partial charge in [-0.15, -0.1) is 0 Å². The molecule has 0 heterocycles. The van der Waals surface area contributed by atoms with E-state index in [4.69, 9.17) is 0 Å². The van der Waals surface area contributed by atoms with Crippen LogP contribution in [0.3, 0.4) is 0 Å². The van der Waals surface area contributed by atoms with E-state index in [9.17, 15) is 9.59 Å². The second-order valence-corrected chi connectivity index (χ2v) is 6.77. The van der Waals surface area contributed by atoms with Crippen LogP contribution < -0.4 is 5.32 Å². The van der Waals surface area contributed by atoms with Crippen LogP contribution in [0.1, 0.15) is 61.4 Å². The van der Waals surface area contributed by atoms with Crippen molar-refractivity contribution in [3.05, 3.63) is 41.5 Å². The smallest absolute Gasteiger partial charge is 0.251 e. The average Bonchev–Trinajstić information content (AvgIpc) is 3.25. The van der Waals surface area contributed by atoms with E-state index in [1.54, 1.807) is 6.08 Å². The van der Waals surface area contributed by atoms with Crippen molar-refractivity contribution in [1.82, 2.24) is 10.2 Å². The SMILES string of the molecule is CCN(C(=O)/C=C/c1ccc(C(=O)NC2CC2)cc1)C1CCCC1. The van der Waals surface area contributed by atoms with Crippen LogP contribution in [0.15, 0.2) is 30.3 Å². The van der Waals surface area contributed by atoms with Gasteiger partial charge < -0.3 is 10.2 Å². The van der Waals surface area contributed by atoms with Crippen LogP contribution in [0.25, 0.3) is 6.08 Å². The molecule has 0 atom stereocenters. The van der Waals surface area contributed by atoms with Gasteiger partial charge in [0.25, 0.3) is 5.91 Å². The summed E-state index contributed by atoms with van der Waals surface area (Å²) in [6.45, 7) is 2.80. The summed E-state index contributed by atoms with van der Waals surface area (Å²) in [5, 5.41) is 2.98. The van der Waals surface area contributed by atoms with E-state index >= 15 is 0 Å². The largest absolute Gasteiger partial charge is 0.349 e. The normalized spacial score (nSPS) is 18.0. The van der Waals surface area contributed by atoms with Crippen LogP contribution in [0, 0.1) is 0 Å². The molecule has 2 amide bonds. The lowest BCUT2D eigenvalue weighted by atomic mass is 10.1. The minimum absolute atomic E-state index is 0.0116. The third-order valence-corrected chi connectivity index (χ3v) is 4.89. The molecule has 2 saturated carbocycles. The van der Waals surface area contributed by atoms with E-state index in [1.165, 1.54) is 12.8 Å². The zero-order valence-corrected chi connectivity index (χ0v) is 14.3. The molecule has 0 spiro atoms. The van der Waals surface area contributed by atoms with Crippen LogP contribution in [0.5, 0.6) is 0 Å². The Morgan fingerprint density at radius 2 is 1.79 bits per heavy atom. The average molecular weight is 326 g/mol. The van der Waals surface area contributed by atoms with Crippen LogP contribution >= 0.6 is 0 Å². The Morgan fingerprint density at radius 3 is 2.38 bits per heavy atom. The van der Waals surface area contributed by atoms with Gasteiger partial charge >= 0.3 is 0 Å². The quantitative estimate of drug-likeness (QED) is 0.815. The van der Waals surface area contributed by atoms with Crippen LogP contribution in [0.2, 0.25) is 0 Å². The second-order valence-electron chi connectivity index (χ2n) is 6.77. The number of nitrogens with zero attached hydrogens (tertiary/aromatic N) is 1. The molecule has 128 valence electrons. The van der Waals surface area contributed by atoms with Crippen molar-refractivity contribution in [3.8, 4) is 0 Å². The highest BCUT2D eigenvalue weighted by Gasteiger charge is 2.24. The number of nitrogens with one attached hydrogen (secondary N) is 1. The molecule has 1 N–H and O–H groups in total. The maximum atomic E-state index is 12.4. The van der Waals surface area contributed by atoms with Gasteiger partial charge in [0.15, 0.2) is 0 Å². The van der Waals surface area contributed by atoms with Crippen LogP contribution in [-0.4, -0.2) is 35.3 Å². The highest BCUT2D eigenvalue weighted by atomic mass is 16.2. The highest BCUT2D eigenvalue weighted by Crippen LogP contribution is 2.23. The number of amides is 2. The third kappa shape index (κ3) is 4.25. The van der Waals surface area contributed by atoms with E-state index in [2.05, 4.69) is 5.32 Å². The zero-order valence-electron chi connectivity index (χ0n) is 14.3. The molecule has 0 aliphatic heterocycles. The van der Waals surface area contributed by atoms with Gasteiger partial charge in [0.1, 0.15) is 0 Å². The van der Waals surface area contributed by atoms with Gasteiger partial charge in [0.05, 0.1) is 0 Å². The molecule has 24 heavy (non-hydrogen) atoms. The first-order valence-electron chi connectivity index (χ1n) is 9.07. The molecule has 2 fully saturated rings. The van der Waals surface area contributed by atoms with Crippen molar-refractivity contribution >= 4 is 17.9 Å². The molecule has 0 saturated heterocycles. The summed E-state index contributed by atoms with van der Waals surface area (Å²) in [4.78, 5) is 26.3. The standard InChI is InChI=1S/C20H26N2O2/c1-2-22(18-5-3-4-6-18)19(23)14-9-15-7-10-16(11-8-15)20(24)21-17-12-13-17/h7-11,14,17-18H,2-6,12-13H2,1H3,(H,21,24)/b14-9+.